The van der Waals surface area contributed by atoms with Crippen molar-refractivity contribution in [3.05, 3.63) is 22.3 Å². The minimum Gasteiger partial charge on any atom is -0.386 e. The van der Waals surface area contributed by atoms with Crippen molar-refractivity contribution in [1.82, 2.24) is 10.3 Å². The molecule has 0 fully saturated rings. The largest absolute Gasteiger partial charge is 0.386 e. The Morgan fingerprint density at radius 3 is 3.20 bits per heavy atom. The number of rotatable bonds is 0. The summed E-state index contributed by atoms with van der Waals surface area (Å²) in [6.07, 6.45) is 4.20. The molecule has 1 aliphatic heterocycles. The number of nitrogens with one attached hydrogen (secondary N) is 2. The molecule has 0 aliphatic carbocycles. The molecule has 0 bridgehead atoms. The number of H-pyrrole nitrogens is 1. The van der Waals surface area contributed by atoms with E-state index in [1.165, 1.54) is 16.3 Å². The summed E-state index contributed by atoms with van der Waals surface area (Å²) in [7, 11) is 0. The van der Waals surface area contributed by atoms with Crippen molar-refractivity contribution < 1.29 is 0 Å². The van der Waals surface area contributed by atoms with Crippen molar-refractivity contribution in [2.45, 2.75) is 6.92 Å². The van der Waals surface area contributed by atoms with Gasteiger partial charge in [-0.1, -0.05) is 6.08 Å². The summed E-state index contributed by atoms with van der Waals surface area (Å²) in [5.41, 5.74) is 1.22. The average Bonchev–Trinajstić information content (AvgIpc) is 2.27. The van der Waals surface area contributed by atoms with Gasteiger partial charge in [0.1, 0.15) is 0 Å². The fraction of sp³-hybridized carbons (Fsp3) is 0.250. The van der Waals surface area contributed by atoms with Crippen molar-refractivity contribution in [3.8, 4) is 0 Å². The van der Waals surface area contributed by atoms with E-state index >= 15 is 0 Å². The molecule has 2 rings (SSSR count). The summed E-state index contributed by atoms with van der Waals surface area (Å²) < 4.78 is 0. The highest BCUT2D eigenvalue weighted by Gasteiger charge is 1.93. The van der Waals surface area contributed by atoms with Gasteiger partial charge in [0, 0.05) is 18.4 Å². The Balaban J connectivity index is 2.83. The SMILES string of the molecule is Cc1cc2c([nH]1)=CNCC=2. The Morgan fingerprint density at radius 1 is 1.50 bits per heavy atom. The molecular formula is C8H10N2. The zero-order chi connectivity index (χ0) is 6.97. The van der Waals surface area contributed by atoms with Gasteiger partial charge in [-0.2, -0.15) is 0 Å². The lowest BCUT2D eigenvalue weighted by atomic mass is 10.3. The maximum atomic E-state index is 3.25. The van der Waals surface area contributed by atoms with Crippen LogP contribution in [-0.2, 0) is 0 Å². The normalized spacial score (nSPS) is 14.5. The first-order valence-electron chi connectivity index (χ1n) is 3.46. The van der Waals surface area contributed by atoms with Crippen molar-refractivity contribution in [2.75, 3.05) is 6.54 Å². The maximum absolute atomic E-state index is 3.25. The second-order valence-electron chi connectivity index (χ2n) is 2.58. The summed E-state index contributed by atoms with van der Waals surface area (Å²) in [6.45, 7) is 3.02. The van der Waals surface area contributed by atoms with E-state index in [-0.39, 0.29) is 0 Å². The molecule has 2 heteroatoms. The van der Waals surface area contributed by atoms with Crippen LogP contribution in [0.4, 0.5) is 0 Å². The van der Waals surface area contributed by atoms with Gasteiger partial charge < -0.3 is 10.3 Å². The molecule has 0 amide bonds. The molecule has 52 valence electrons. The summed E-state index contributed by atoms with van der Waals surface area (Å²) in [6, 6.07) is 2.16. The second-order valence-corrected chi connectivity index (χ2v) is 2.58. The molecule has 0 atom stereocenters. The van der Waals surface area contributed by atoms with Gasteiger partial charge in [-0.3, -0.25) is 0 Å². The molecule has 2 nitrogen and oxygen atoms in total. The van der Waals surface area contributed by atoms with Gasteiger partial charge in [0.25, 0.3) is 0 Å². The van der Waals surface area contributed by atoms with Crippen LogP contribution in [-0.4, -0.2) is 11.5 Å². The van der Waals surface area contributed by atoms with Crippen LogP contribution in [0.2, 0.25) is 0 Å². The fourth-order valence-electron chi connectivity index (χ4n) is 1.25. The topological polar surface area (TPSA) is 27.8 Å². The molecule has 0 unspecified atom stereocenters. The minimum atomic E-state index is 0.949. The summed E-state index contributed by atoms with van der Waals surface area (Å²) in [5.74, 6) is 0. The van der Waals surface area contributed by atoms with Crippen LogP contribution in [0.5, 0.6) is 0 Å². The number of aromatic amines is 1. The Hall–Kier alpha value is -1.18. The van der Waals surface area contributed by atoms with Gasteiger partial charge in [0.2, 0.25) is 0 Å². The smallest absolute Gasteiger partial charge is 0.0613 e. The Bertz CT molecular complexity index is 312. The van der Waals surface area contributed by atoms with E-state index in [1.54, 1.807) is 0 Å². The van der Waals surface area contributed by atoms with E-state index in [2.05, 4.69) is 29.4 Å². The van der Waals surface area contributed by atoms with E-state index in [0.29, 0.717) is 0 Å². The third-order valence-corrected chi connectivity index (χ3v) is 1.70. The minimum absolute atomic E-state index is 0.949. The zero-order valence-corrected chi connectivity index (χ0v) is 5.94. The van der Waals surface area contributed by atoms with E-state index in [4.69, 9.17) is 0 Å². The van der Waals surface area contributed by atoms with Gasteiger partial charge in [-0.15, -0.1) is 0 Å². The highest BCUT2D eigenvalue weighted by atomic mass is 14.8. The number of hydrogen-bond donors (Lipinski definition) is 2. The monoisotopic (exact) mass is 134 g/mol. The highest BCUT2D eigenvalue weighted by molar-refractivity contribution is 5.36. The third-order valence-electron chi connectivity index (χ3n) is 1.70. The lowest BCUT2D eigenvalue weighted by molar-refractivity contribution is 1.04. The molecule has 0 saturated heterocycles. The van der Waals surface area contributed by atoms with Gasteiger partial charge in [-0.25, -0.2) is 0 Å². The summed E-state index contributed by atoms with van der Waals surface area (Å²) in [4.78, 5) is 3.25. The van der Waals surface area contributed by atoms with Gasteiger partial charge in [0.15, 0.2) is 0 Å². The Morgan fingerprint density at radius 2 is 2.40 bits per heavy atom. The van der Waals surface area contributed by atoms with Crippen LogP contribution in [0.3, 0.4) is 0 Å². The van der Waals surface area contributed by atoms with E-state index in [9.17, 15) is 0 Å². The number of hydrogen-bond acceptors (Lipinski definition) is 1. The molecule has 2 heterocycles. The Kier molecular flexibility index (Phi) is 1.07. The standard InChI is InChI=1S/C8H10N2/c1-6-4-7-2-3-9-5-8(7)10-6/h2,4-5,9-10H,3H2,1H3. The first kappa shape index (κ1) is 5.59. The quantitative estimate of drug-likeness (QED) is 0.489. The van der Waals surface area contributed by atoms with Crippen molar-refractivity contribution in [2.24, 2.45) is 0 Å². The predicted molar refractivity (Wildman–Crippen MR) is 41.7 cm³/mol. The first-order chi connectivity index (χ1) is 4.86. The van der Waals surface area contributed by atoms with Crippen LogP contribution >= 0.6 is 0 Å². The van der Waals surface area contributed by atoms with Crippen LogP contribution in [0, 0.1) is 6.92 Å². The first-order valence-corrected chi connectivity index (χ1v) is 3.46. The van der Waals surface area contributed by atoms with Crippen LogP contribution in [0.25, 0.3) is 12.3 Å². The van der Waals surface area contributed by atoms with E-state index < -0.39 is 0 Å². The summed E-state index contributed by atoms with van der Waals surface area (Å²) >= 11 is 0. The Labute approximate surface area is 59.3 Å². The van der Waals surface area contributed by atoms with Crippen molar-refractivity contribution >= 4 is 12.3 Å². The molecule has 1 aromatic rings. The second kappa shape index (κ2) is 1.90. The fourth-order valence-corrected chi connectivity index (χ4v) is 1.25. The third kappa shape index (κ3) is 0.727. The number of fused-ring (bicyclic) bond motifs is 1. The molecule has 0 spiro atoms. The van der Waals surface area contributed by atoms with Crippen LogP contribution in [0.1, 0.15) is 5.69 Å². The summed E-state index contributed by atoms with van der Waals surface area (Å²) in [5, 5.41) is 5.66. The van der Waals surface area contributed by atoms with E-state index in [0.717, 1.165) is 6.54 Å². The molecule has 0 radical (unpaired) electrons. The molecule has 2 N–H and O–H groups in total. The predicted octanol–water partition coefficient (Wildman–Crippen LogP) is -0.555. The zero-order valence-electron chi connectivity index (χ0n) is 5.94. The van der Waals surface area contributed by atoms with Crippen molar-refractivity contribution in [1.29, 1.82) is 0 Å². The van der Waals surface area contributed by atoms with Crippen molar-refractivity contribution in [3.63, 3.8) is 0 Å². The van der Waals surface area contributed by atoms with Crippen LogP contribution < -0.4 is 15.9 Å². The molecule has 10 heavy (non-hydrogen) atoms. The molecule has 1 aromatic heterocycles. The number of aromatic nitrogens is 1. The van der Waals surface area contributed by atoms with Gasteiger partial charge in [-0.05, 0) is 18.2 Å². The molecular weight excluding hydrogens is 124 g/mol. The van der Waals surface area contributed by atoms with E-state index in [1.807, 2.05) is 6.20 Å². The molecule has 0 aromatic carbocycles. The average molecular weight is 134 g/mol. The lowest BCUT2D eigenvalue weighted by Crippen LogP contribution is -2.31. The van der Waals surface area contributed by atoms with Crippen LogP contribution in [0.15, 0.2) is 6.07 Å². The van der Waals surface area contributed by atoms with Gasteiger partial charge in [0.05, 0.1) is 5.35 Å². The van der Waals surface area contributed by atoms with Gasteiger partial charge >= 0.3 is 0 Å². The molecule has 0 saturated carbocycles. The number of aryl methyl sites for hydroxylation is 1. The highest BCUT2D eigenvalue weighted by Crippen LogP contribution is 1.80. The lowest BCUT2D eigenvalue weighted by Gasteiger charge is -1.96. The maximum Gasteiger partial charge on any atom is 0.0613 e. The molecule has 1 aliphatic rings.